The van der Waals surface area contributed by atoms with Gasteiger partial charge in [0.15, 0.2) is 0 Å². The molecule has 0 aliphatic carbocycles. The van der Waals surface area contributed by atoms with Gasteiger partial charge in [-0.05, 0) is 22.3 Å². The Balaban J connectivity index is 1.58. The van der Waals surface area contributed by atoms with Gasteiger partial charge in [0.1, 0.15) is 6.10 Å². The first kappa shape index (κ1) is 14.5. The Labute approximate surface area is 126 Å². The molecule has 0 bridgehead atoms. The lowest BCUT2D eigenvalue weighted by atomic mass is 10.2. The second-order valence-corrected chi connectivity index (χ2v) is 5.52. The Bertz CT molecular complexity index is 546. The number of rotatable bonds is 6. The molecule has 0 N–H and O–H groups in total. The van der Waals surface area contributed by atoms with Gasteiger partial charge in [0.25, 0.3) is 0 Å². The Morgan fingerprint density at radius 2 is 2.48 bits per heavy atom. The molecule has 2 aromatic heterocycles. The third-order valence-corrected chi connectivity index (χ3v) is 3.93. The van der Waals surface area contributed by atoms with E-state index in [1.165, 1.54) is 17.1 Å². The van der Waals surface area contributed by atoms with Crippen molar-refractivity contribution in [2.45, 2.75) is 19.2 Å². The van der Waals surface area contributed by atoms with Crippen molar-refractivity contribution >= 4 is 11.5 Å². The molecule has 0 saturated carbocycles. The number of tetrazole rings is 1. The summed E-state index contributed by atoms with van der Waals surface area (Å²) in [6, 6.07) is 0. The van der Waals surface area contributed by atoms with E-state index in [-0.39, 0.29) is 6.10 Å². The van der Waals surface area contributed by atoms with Crippen molar-refractivity contribution in [3.05, 3.63) is 23.0 Å². The van der Waals surface area contributed by atoms with E-state index in [0.29, 0.717) is 25.6 Å². The first-order valence-corrected chi connectivity index (χ1v) is 7.67. The minimum Gasteiger partial charge on any atom is -0.383 e. The Hall–Kier alpha value is -1.42. The van der Waals surface area contributed by atoms with Crippen molar-refractivity contribution in [3.8, 4) is 0 Å². The molecule has 0 amide bonds. The van der Waals surface area contributed by atoms with E-state index in [1.807, 2.05) is 6.20 Å². The van der Waals surface area contributed by atoms with E-state index < -0.39 is 0 Å². The molecule has 1 saturated heterocycles. The molecule has 3 heterocycles. The van der Waals surface area contributed by atoms with Crippen molar-refractivity contribution in [3.63, 3.8) is 0 Å². The zero-order valence-electron chi connectivity index (χ0n) is 11.9. The summed E-state index contributed by atoms with van der Waals surface area (Å²) in [6.45, 7) is 4.40. The van der Waals surface area contributed by atoms with E-state index in [2.05, 4.69) is 30.1 Å². The monoisotopic (exact) mass is 310 g/mol. The first-order valence-electron chi connectivity index (χ1n) is 6.84. The molecule has 3 rings (SSSR count). The third-order valence-electron chi connectivity index (χ3n) is 3.29. The zero-order chi connectivity index (χ0) is 14.5. The molecule has 1 atom stereocenters. The average molecular weight is 310 g/mol. The Morgan fingerprint density at radius 3 is 3.29 bits per heavy atom. The lowest BCUT2D eigenvalue weighted by Crippen LogP contribution is -2.38. The van der Waals surface area contributed by atoms with Gasteiger partial charge in [-0.3, -0.25) is 4.90 Å². The summed E-state index contributed by atoms with van der Waals surface area (Å²) in [4.78, 5) is 3.87. The fourth-order valence-electron chi connectivity index (χ4n) is 2.22. The van der Waals surface area contributed by atoms with Gasteiger partial charge >= 0.3 is 0 Å². The predicted octanol–water partition coefficient (Wildman–Crippen LogP) is 0.349. The summed E-state index contributed by atoms with van der Waals surface area (Å²) in [5.74, 6) is 0.638. The highest BCUT2D eigenvalue weighted by Gasteiger charge is 2.25. The highest BCUT2D eigenvalue weighted by molar-refractivity contribution is 7.03. The number of ether oxygens (including phenoxy) is 2. The van der Waals surface area contributed by atoms with Crippen molar-refractivity contribution in [2.75, 3.05) is 33.4 Å². The maximum Gasteiger partial charge on any atom is 0.204 e. The fraction of sp³-hybridized carbons (Fsp3) is 0.667. The van der Waals surface area contributed by atoms with Crippen LogP contribution in [-0.2, 0) is 22.6 Å². The van der Waals surface area contributed by atoms with E-state index in [4.69, 9.17) is 9.47 Å². The number of aromatic nitrogens is 5. The number of methoxy groups -OCH3 is 1. The van der Waals surface area contributed by atoms with Gasteiger partial charge in [-0.25, -0.2) is 4.37 Å². The van der Waals surface area contributed by atoms with Gasteiger partial charge in [0.2, 0.25) is 5.82 Å². The first-order chi connectivity index (χ1) is 10.3. The quantitative estimate of drug-likeness (QED) is 0.761. The molecule has 0 aromatic carbocycles. The predicted molar refractivity (Wildman–Crippen MR) is 75.8 cm³/mol. The molecular weight excluding hydrogens is 292 g/mol. The summed E-state index contributed by atoms with van der Waals surface area (Å²) in [7, 11) is 1.65. The summed E-state index contributed by atoms with van der Waals surface area (Å²) in [6.07, 6.45) is 1.79. The molecule has 0 spiro atoms. The molecule has 8 nitrogen and oxygen atoms in total. The van der Waals surface area contributed by atoms with Crippen LogP contribution in [0.4, 0.5) is 0 Å². The Kier molecular flexibility index (Phi) is 4.86. The van der Waals surface area contributed by atoms with Crippen LogP contribution < -0.4 is 0 Å². The van der Waals surface area contributed by atoms with Gasteiger partial charge in [-0.15, -0.1) is 10.2 Å². The van der Waals surface area contributed by atoms with Crippen LogP contribution in [0.1, 0.15) is 17.5 Å². The molecular formula is C12H18N6O2S. The van der Waals surface area contributed by atoms with Crippen molar-refractivity contribution in [1.29, 1.82) is 0 Å². The number of hydrogen-bond donors (Lipinski definition) is 0. The fourth-order valence-corrected chi connectivity index (χ4v) is 2.75. The van der Waals surface area contributed by atoms with Gasteiger partial charge in [-0.2, -0.15) is 4.80 Å². The van der Waals surface area contributed by atoms with Crippen LogP contribution in [0, 0.1) is 0 Å². The van der Waals surface area contributed by atoms with Crippen LogP contribution in [0.2, 0.25) is 0 Å². The lowest BCUT2D eigenvalue weighted by Gasteiger charge is -2.30. The molecule has 1 aliphatic heterocycles. The molecule has 1 aliphatic rings. The van der Waals surface area contributed by atoms with Gasteiger partial charge < -0.3 is 9.47 Å². The number of hydrogen-bond acceptors (Lipinski definition) is 8. The SMILES string of the molecule is COCCn1nnc(C2CN(Cc3cnsc3)CCO2)n1. The van der Waals surface area contributed by atoms with Gasteiger partial charge in [0, 0.05) is 38.3 Å². The highest BCUT2D eigenvalue weighted by atomic mass is 32.1. The second-order valence-electron chi connectivity index (χ2n) is 4.86. The molecule has 9 heteroatoms. The van der Waals surface area contributed by atoms with Crippen LogP contribution in [0.5, 0.6) is 0 Å². The van der Waals surface area contributed by atoms with Gasteiger partial charge in [-0.1, -0.05) is 0 Å². The lowest BCUT2D eigenvalue weighted by molar-refractivity contribution is -0.0373. The summed E-state index contributed by atoms with van der Waals surface area (Å²) < 4.78 is 14.9. The normalized spacial score (nSPS) is 20.0. The van der Waals surface area contributed by atoms with Gasteiger partial charge in [0.05, 0.1) is 19.8 Å². The molecule has 1 fully saturated rings. The average Bonchev–Trinajstić information content (AvgIpc) is 3.17. The van der Waals surface area contributed by atoms with Crippen molar-refractivity contribution in [1.82, 2.24) is 29.5 Å². The van der Waals surface area contributed by atoms with Crippen LogP contribution in [0.15, 0.2) is 11.6 Å². The van der Waals surface area contributed by atoms with E-state index in [0.717, 1.165) is 19.6 Å². The molecule has 1 unspecified atom stereocenters. The standard InChI is InChI=1S/C12H18N6O2S/c1-19-4-3-18-15-12(14-16-18)11-8-17(2-5-20-11)7-10-6-13-21-9-10/h6,9,11H,2-5,7-8H2,1H3. The van der Waals surface area contributed by atoms with E-state index in [9.17, 15) is 0 Å². The topological polar surface area (TPSA) is 78.2 Å². The van der Waals surface area contributed by atoms with E-state index in [1.54, 1.807) is 11.9 Å². The maximum absolute atomic E-state index is 5.77. The van der Waals surface area contributed by atoms with Crippen molar-refractivity contribution < 1.29 is 9.47 Å². The zero-order valence-corrected chi connectivity index (χ0v) is 12.7. The summed E-state index contributed by atoms with van der Waals surface area (Å²) in [5, 5.41) is 14.5. The van der Waals surface area contributed by atoms with Crippen LogP contribution in [0.3, 0.4) is 0 Å². The minimum absolute atomic E-state index is 0.123. The largest absolute Gasteiger partial charge is 0.383 e. The Morgan fingerprint density at radius 1 is 1.52 bits per heavy atom. The van der Waals surface area contributed by atoms with Crippen molar-refractivity contribution in [2.24, 2.45) is 0 Å². The maximum atomic E-state index is 5.77. The third kappa shape index (κ3) is 3.82. The molecule has 0 radical (unpaired) electrons. The second kappa shape index (κ2) is 7.03. The summed E-state index contributed by atoms with van der Waals surface area (Å²) >= 11 is 1.48. The number of nitrogens with zero attached hydrogens (tertiary/aromatic N) is 6. The molecule has 114 valence electrons. The van der Waals surface area contributed by atoms with Crippen LogP contribution in [0.25, 0.3) is 0 Å². The molecule has 21 heavy (non-hydrogen) atoms. The van der Waals surface area contributed by atoms with Crippen LogP contribution >= 0.6 is 11.5 Å². The smallest absolute Gasteiger partial charge is 0.204 e. The van der Waals surface area contributed by atoms with Crippen LogP contribution in [-0.4, -0.2) is 62.9 Å². The highest BCUT2D eigenvalue weighted by Crippen LogP contribution is 2.20. The minimum atomic E-state index is -0.123. The number of morpholine rings is 1. The summed E-state index contributed by atoms with van der Waals surface area (Å²) in [5.41, 5.74) is 1.23. The molecule has 2 aromatic rings. The van der Waals surface area contributed by atoms with E-state index >= 15 is 0 Å².